The van der Waals surface area contributed by atoms with Crippen molar-refractivity contribution in [2.24, 2.45) is 0 Å². The quantitative estimate of drug-likeness (QED) is 0.506. The van der Waals surface area contributed by atoms with E-state index in [-0.39, 0.29) is 0 Å². The van der Waals surface area contributed by atoms with Crippen LogP contribution in [0.5, 0.6) is 0 Å². The minimum absolute atomic E-state index is 0.874. The van der Waals surface area contributed by atoms with E-state index in [1.54, 1.807) is 0 Å². The summed E-state index contributed by atoms with van der Waals surface area (Å²) in [7, 11) is 0. The van der Waals surface area contributed by atoms with Crippen molar-refractivity contribution in [3.8, 4) is 0 Å². The molecule has 0 aromatic heterocycles. The molecule has 0 radical (unpaired) electrons. The smallest absolute Gasteiger partial charge is 0.0316 e. The Labute approximate surface area is 134 Å². The number of hydrogen-bond acceptors (Lipinski definition) is 2. The maximum absolute atomic E-state index is 5.79. The molecule has 0 aliphatic carbocycles. The standard InChI is InChI=1S/C20H28N2/c21-19-13-7-11-17(15-19)9-5-3-1-2-4-6-10-18-12-8-14-20(22)16-18/h7-8,11-16H,1-6,9-10,21-22H2. The summed E-state index contributed by atoms with van der Waals surface area (Å²) in [6, 6.07) is 16.5. The van der Waals surface area contributed by atoms with E-state index in [9.17, 15) is 0 Å². The topological polar surface area (TPSA) is 52.0 Å². The Morgan fingerprint density at radius 3 is 1.36 bits per heavy atom. The van der Waals surface area contributed by atoms with Crippen molar-refractivity contribution in [3.63, 3.8) is 0 Å². The third kappa shape index (κ3) is 6.21. The van der Waals surface area contributed by atoms with Crippen LogP contribution in [-0.2, 0) is 12.8 Å². The lowest BCUT2D eigenvalue weighted by molar-refractivity contribution is 0.594. The number of anilines is 2. The maximum atomic E-state index is 5.79. The summed E-state index contributed by atoms with van der Waals surface area (Å²) in [5, 5.41) is 0. The first kappa shape index (κ1) is 16.4. The monoisotopic (exact) mass is 296 g/mol. The highest BCUT2D eigenvalue weighted by Crippen LogP contribution is 2.14. The Hall–Kier alpha value is -1.96. The largest absolute Gasteiger partial charge is 0.399 e. The first-order valence-corrected chi connectivity index (χ1v) is 8.43. The van der Waals surface area contributed by atoms with Crippen molar-refractivity contribution in [1.82, 2.24) is 0 Å². The predicted molar refractivity (Wildman–Crippen MR) is 96.8 cm³/mol. The summed E-state index contributed by atoms with van der Waals surface area (Å²) in [5.41, 5.74) is 16.1. The minimum Gasteiger partial charge on any atom is -0.399 e. The molecule has 0 saturated carbocycles. The van der Waals surface area contributed by atoms with Crippen molar-refractivity contribution in [2.75, 3.05) is 11.5 Å². The molecule has 0 aliphatic heterocycles. The Morgan fingerprint density at radius 1 is 0.545 bits per heavy atom. The summed E-state index contributed by atoms with van der Waals surface area (Å²) in [5.74, 6) is 0. The summed E-state index contributed by atoms with van der Waals surface area (Å²) in [6.45, 7) is 0. The average molecular weight is 296 g/mol. The number of nitrogen functional groups attached to an aromatic ring is 2. The zero-order chi connectivity index (χ0) is 15.6. The van der Waals surface area contributed by atoms with Crippen LogP contribution in [-0.4, -0.2) is 0 Å². The second-order valence-electron chi connectivity index (χ2n) is 6.11. The van der Waals surface area contributed by atoms with Crippen molar-refractivity contribution in [1.29, 1.82) is 0 Å². The molecular formula is C20H28N2. The number of aryl methyl sites for hydroxylation is 2. The molecule has 22 heavy (non-hydrogen) atoms. The van der Waals surface area contributed by atoms with Gasteiger partial charge in [0.1, 0.15) is 0 Å². The van der Waals surface area contributed by atoms with Gasteiger partial charge < -0.3 is 11.5 Å². The van der Waals surface area contributed by atoms with E-state index >= 15 is 0 Å². The third-order valence-electron chi connectivity index (χ3n) is 4.08. The fourth-order valence-electron chi connectivity index (χ4n) is 2.86. The van der Waals surface area contributed by atoms with Crippen LogP contribution in [0.4, 0.5) is 11.4 Å². The van der Waals surface area contributed by atoms with E-state index in [0.717, 1.165) is 24.2 Å². The molecule has 118 valence electrons. The fourth-order valence-corrected chi connectivity index (χ4v) is 2.86. The van der Waals surface area contributed by atoms with E-state index in [1.807, 2.05) is 24.3 Å². The highest BCUT2D eigenvalue weighted by Gasteiger charge is 1.97. The molecule has 0 atom stereocenters. The molecule has 2 nitrogen and oxygen atoms in total. The van der Waals surface area contributed by atoms with E-state index in [0.29, 0.717) is 0 Å². The van der Waals surface area contributed by atoms with Gasteiger partial charge in [0.15, 0.2) is 0 Å². The first-order chi connectivity index (χ1) is 10.7. The van der Waals surface area contributed by atoms with E-state index < -0.39 is 0 Å². The minimum atomic E-state index is 0.874. The lowest BCUT2D eigenvalue weighted by Gasteiger charge is -2.04. The Bertz CT molecular complexity index is 512. The molecular weight excluding hydrogens is 268 g/mol. The summed E-state index contributed by atoms with van der Waals surface area (Å²) >= 11 is 0. The molecule has 2 heteroatoms. The molecule has 0 heterocycles. The molecule has 0 unspecified atom stereocenters. The molecule has 0 bridgehead atoms. The zero-order valence-electron chi connectivity index (χ0n) is 13.4. The van der Waals surface area contributed by atoms with Gasteiger partial charge in [-0.15, -0.1) is 0 Å². The van der Waals surface area contributed by atoms with Crippen LogP contribution in [0.2, 0.25) is 0 Å². The van der Waals surface area contributed by atoms with E-state index in [2.05, 4.69) is 24.3 Å². The number of nitrogens with two attached hydrogens (primary N) is 2. The molecule has 4 N–H and O–H groups in total. The van der Waals surface area contributed by atoms with Gasteiger partial charge >= 0.3 is 0 Å². The number of unbranched alkanes of at least 4 members (excludes halogenated alkanes) is 5. The third-order valence-corrected chi connectivity index (χ3v) is 4.08. The van der Waals surface area contributed by atoms with Gasteiger partial charge in [-0.3, -0.25) is 0 Å². The highest BCUT2D eigenvalue weighted by atomic mass is 14.5. The van der Waals surface area contributed by atoms with Gasteiger partial charge in [0, 0.05) is 11.4 Å². The summed E-state index contributed by atoms with van der Waals surface area (Å²) < 4.78 is 0. The van der Waals surface area contributed by atoms with Crippen molar-refractivity contribution in [2.45, 2.75) is 51.4 Å². The van der Waals surface area contributed by atoms with Crippen molar-refractivity contribution in [3.05, 3.63) is 59.7 Å². The second kappa shape index (κ2) is 9.14. The summed E-state index contributed by atoms with van der Waals surface area (Å²) in [4.78, 5) is 0. The van der Waals surface area contributed by atoms with Gasteiger partial charge in [-0.25, -0.2) is 0 Å². The van der Waals surface area contributed by atoms with Gasteiger partial charge in [-0.05, 0) is 61.1 Å². The molecule has 0 saturated heterocycles. The van der Waals surface area contributed by atoms with Crippen LogP contribution in [0.15, 0.2) is 48.5 Å². The predicted octanol–water partition coefficient (Wildman–Crippen LogP) is 4.98. The molecule has 0 spiro atoms. The van der Waals surface area contributed by atoms with Gasteiger partial charge in [0.25, 0.3) is 0 Å². The van der Waals surface area contributed by atoms with Gasteiger partial charge in [0.2, 0.25) is 0 Å². The molecule has 2 rings (SSSR count). The van der Waals surface area contributed by atoms with E-state index in [4.69, 9.17) is 11.5 Å². The van der Waals surface area contributed by atoms with Crippen LogP contribution in [0.25, 0.3) is 0 Å². The lowest BCUT2D eigenvalue weighted by atomic mass is 10.0. The zero-order valence-corrected chi connectivity index (χ0v) is 13.4. The van der Waals surface area contributed by atoms with E-state index in [1.165, 1.54) is 49.7 Å². The molecule has 0 amide bonds. The first-order valence-electron chi connectivity index (χ1n) is 8.43. The summed E-state index contributed by atoms with van der Waals surface area (Å²) in [6.07, 6.45) is 10.1. The van der Waals surface area contributed by atoms with Crippen LogP contribution in [0.1, 0.15) is 49.7 Å². The van der Waals surface area contributed by atoms with Crippen LogP contribution < -0.4 is 11.5 Å². The highest BCUT2D eigenvalue weighted by molar-refractivity contribution is 5.41. The number of hydrogen-bond donors (Lipinski definition) is 2. The Balaban J connectivity index is 1.49. The van der Waals surface area contributed by atoms with Crippen molar-refractivity contribution < 1.29 is 0 Å². The number of benzene rings is 2. The molecule has 0 aliphatic rings. The maximum Gasteiger partial charge on any atom is 0.0316 e. The Kier molecular flexibility index (Phi) is 6.82. The molecule has 0 fully saturated rings. The SMILES string of the molecule is Nc1cccc(CCCCCCCCc2cccc(N)c2)c1. The van der Waals surface area contributed by atoms with Crippen LogP contribution >= 0.6 is 0 Å². The normalized spacial score (nSPS) is 10.7. The van der Waals surface area contributed by atoms with Crippen LogP contribution in [0, 0.1) is 0 Å². The van der Waals surface area contributed by atoms with Gasteiger partial charge in [0.05, 0.1) is 0 Å². The second-order valence-corrected chi connectivity index (χ2v) is 6.11. The molecule has 2 aromatic rings. The Morgan fingerprint density at radius 2 is 0.955 bits per heavy atom. The van der Waals surface area contributed by atoms with Gasteiger partial charge in [-0.2, -0.15) is 0 Å². The van der Waals surface area contributed by atoms with Crippen molar-refractivity contribution >= 4 is 11.4 Å². The van der Waals surface area contributed by atoms with Crippen LogP contribution in [0.3, 0.4) is 0 Å². The lowest BCUT2D eigenvalue weighted by Crippen LogP contribution is -1.91. The fraction of sp³-hybridized carbons (Fsp3) is 0.400. The number of rotatable bonds is 9. The average Bonchev–Trinajstić information content (AvgIpc) is 2.50. The molecule has 2 aromatic carbocycles. The van der Waals surface area contributed by atoms with Gasteiger partial charge in [-0.1, -0.05) is 49.9 Å².